The molecule has 0 unspecified atom stereocenters. The summed E-state index contributed by atoms with van der Waals surface area (Å²) < 4.78 is 0. The Hall–Kier alpha value is -1.82. The molecule has 0 amide bonds. The fourth-order valence-corrected chi connectivity index (χ4v) is 2.03. The predicted octanol–water partition coefficient (Wildman–Crippen LogP) is 5.45. The second kappa shape index (κ2) is 8.31. The van der Waals surface area contributed by atoms with Gasteiger partial charge in [0.1, 0.15) is 0 Å². The van der Waals surface area contributed by atoms with Gasteiger partial charge in [-0.2, -0.15) is 0 Å². The predicted molar refractivity (Wildman–Crippen MR) is 86.5 cm³/mol. The standard InChI is InChI=1S/C17H18.C2H6/c1-3-15-7-5-9-17(13-15)11-10-16-8-4-6-14(2)12-16;1-2/h3-9,12-13H,1,10-11H2,2H3;1-2H3. The molecule has 19 heavy (non-hydrogen) atoms. The number of hydrogen-bond acceptors (Lipinski definition) is 0. The first kappa shape index (κ1) is 15.2. The molecule has 2 aromatic carbocycles. The highest BCUT2D eigenvalue weighted by Crippen LogP contribution is 2.11. The third kappa shape index (κ3) is 5.13. The monoisotopic (exact) mass is 252 g/mol. The minimum Gasteiger partial charge on any atom is -0.0985 e. The first-order valence-electron chi connectivity index (χ1n) is 7.05. The summed E-state index contributed by atoms with van der Waals surface area (Å²) >= 11 is 0. The highest BCUT2D eigenvalue weighted by molar-refractivity contribution is 5.48. The third-order valence-electron chi connectivity index (χ3n) is 2.97. The van der Waals surface area contributed by atoms with E-state index in [-0.39, 0.29) is 0 Å². The lowest BCUT2D eigenvalue weighted by Crippen LogP contribution is -1.92. The Morgan fingerprint density at radius 1 is 0.895 bits per heavy atom. The molecule has 0 aliphatic rings. The van der Waals surface area contributed by atoms with E-state index in [0.29, 0.717) is 0 Å². The SMILES string of the molecule is C=Cc1cccc(CCc2cccc(C)c2)c1.CC. The van der Waals surface area contributed by atoms with E-state index in [0.717, 1.165) is 12.8 Å². The maximum absolute atomic E-state index is 3.80. The van der Waals surface area contributed by atoms with Gasteiger partial charge in [0.2, 0.25) is 0 Å². The molecule has 0 N–H and O–H groups in total. The Kier molecular flexibility index (Phi) is 6.67. The molecule has 0 heteroatoms. The van der Waals surface area contributed by atoms with Crippen LogP contribution in [0.1, 0.15) is 36.1 Å². The van der Waals surface area contributed by atoms with E-state index in [2.05, 4.69) is 62.0 Å². The number of aryl methyl sites for hydroxylation is 3. The summed E-state index contributed by atoms with van der Waals surface area (Å²) in [6, 6.07) is 17.3. The summed E-state index contributed by atoms with van der Waals surface area (Å²) in [5.74, 6) is 0. The van der Waals surface area contributed by atoms with Crippen molar-refractivity contribution >= 4 is 6.08 Å². The average molecular weight is 252 g/mol. The van der Waals surface area contributed by atoms with Gasteiger partial charge in [0.05, 0.1) is 0 Å². The fourth-order valence-electron chi connectivity index (χ4n) is 2.03. The molecule has 100 valence electrons. The van der Waals surface area contributed by atoms with Gasteiger partial charge in [-0.25, -0.2) is 0 Å². The van der Waals surface area contributed by atoms with Crippen LogP contribution in [0.15, 0.2) is 55.1 Å². The molecule has 0 heterocycles. The van der Waals surface area contributed by atoms with E-state index in [4.69, 9.17) is 0 Å². The molecule has 0 saturated carbocycles. The van der Waals surface area contributed by atoms with Crippen molar-refractivity contribution in [3.05, 3.63) is 77.4 Å². The molecule has 0 radical (unpaired) electrons. The third-order valence-corrected chi connectivity index (χ3v) is 2.97. The van der Waals surface area contributed by atoms with E-state index in [9.17, 15) is 0 Å². The lowest BCUT2D eigenvalue weighted by atomic mass is 10.0. The zero-order chi connectivity index (χ0) is 14.1. The van der Waals surface area contributed by atoms with E-state index in [1.54, 1.807) is 0 Å². The van der Waals surface area contributed by atoms with Crippen molar-refractivity contribution < 1.29 is 0 Å². The second-order valence-electron chi connectivity index (χ2n) is 4.44. The van der Waals surface area contributed by atoms with Crippen LogP contribution in [0.2, 0.25) is 0 Å². The molecular formula is C19H24. The van der Waals surface area contributed by atoms with Crippen LogP contribution in [-0.2, 0) is 12.8 Å². The van der Waals surface area contributed by atoms with Crippen molar-refractivity contribution in [2.75, 3.05) is 0 Å². The van der Waals surface area contributed by atoms with Crippen molar-refractivity contribution in [3.8, 4) is 0 Å². The van der Waals surface area contributed by atoms with E-state index in [1.807, 2.05) is 19.9 Å². The quantitative estimate of drug-likeness (QED) is 0.678. The van der Waals surface area contributed by atoms with Crippen LogP contribution in [0.4, 0.5) is 0 Å². The minimum absolute atomic E-state index is 1.09. The molecule has 0 spiro atoms. The van der Waals surface area contributed by atoms with Crippen molar-refractivity contribution in [2.24, 2.45) is 0 Å². The maximum Gasteiger partial charge on any atom is -0.0238 e. The normalized spacial score (nSPS) is 9.42. The molecule has 2 aromatic rings. The van der Waals surface area contributed by atoms with Crippen LogP contribution in [0.3, 0.4) is 0 Å². The first-order chi connectivity index (χ1) is 9.28. The largest absolute Gasteiger partial charge is 0.0985 e. The Morgan fingerprint density at radius 3 is 2.05 bits per heavy atom. The van der Waals surface area contributed by atoms with Crippen LogP contribution in [0.25, 0.3) is 6.08 Å². The highest BCUT2D eigenvalue weighted by atomic mass is 14.0. The molecule has 0 bridgehead atoms. The van der Waals surface area contributed by atoms with Crippen LogP contribution in [0.5, 0.6) is 0 Å². The van der Waals surface area contributed by atoms with Crippen LogP contribution < -0.4 is 0 Å². The average Bonchev–Trinajstić information content (AvgIpc) is 2.47. The van der Waals surface area contributed by atoms with Crippen LogP contribution in [-0.4, -0.2) is 0 Å². The molecule has 0 aliphatic carbocycles. The van der Waals surface area contributed by atoms with Gasteiger partial charge in [-0.3, -0.25) is 0 Å². The summed E-state index contributed by atoms with van der Waals surface area (Å²) in [6.45, 7) is 9.94. The Morgan fingerprint density at radius 2 is 1.47 bits per heavy atom. The zero-order valence-electron chi connectivity index (χ0n) is 12.3. The fraction of sp³-hybridized carbons (Fsp3) is 0.263. The lowest BCUT2D eigenvalue weighted by Gasteiger charge is -2.04. The zero-order valence-corrected chi connectivity index (χ0v) is 12.3. The summed E-state index contributed by atoms with van der Waals surface area (Å²) in [5.41, 5.74) is 5.33. The topological polar surface area (TPSA) is 0 Å². The molecular weight excluding hydrogens is 228 g/mol. The Labute approximate surface area is 117 Å². The van der Waals surface area contributed by atoms with Crippen molar-refractivity contribution in [1.82, 2.24) is 0 Å². The Bertz CT molecular complexity index is 509. The first-order valence-corrected chi connectivity index (χ1v) is 7.05. The van der Waals surface area contributed by atoms with E-state index >= 15 is 0 Å². The van der Waals surface area contributed by atoms with E-state index < -0.39 is 0 Å². The number of rotatable bonds is 4. The molecule has 0 aromatic heterocycles. The van der Waals surface area contributed by atoms with Gasteiger partial charge in [-0.05, 0) is 36.5 Å². The van der Waals surface area contributed by atoms with Crippen molar-refractivity contribution in [2.45, 2.75) is 33.6 Å². The highest BCUT2D eigenvalue weighted by Gasteiger charge is 1.97. The lowest BCUT2D eigenvalue weighted by molar-refractivity contribution is 0.957. The van der Waals surface area contributed by atoms with Gasteiger partial charge >= 0.3 is 0 Å². The van der Waals surface area contributed by atoms with Gasteiger partial charge in [-0.1, -0.05) is 80.6 Å². The van der Waals surface area contributed by atoms with Gasteiger partial charge in [0.25, 0.3) is 0 Å². The molecule has 0 aliphatic heterocycles. The van der Waals surface area contributed by atoms with Crippen molar-refractivity contribution in [3.63, 3.8) is 0 Å². The maximum atomic E-state index is 3.80. The van der Waals surface area contributed by atoms with E-state index in [1.165, 1.54) is 22.3 Å². The molecule has 0 atom stereocenters. The summed E-state index contributed by atoms with van der Waals surface area (Å²) in [4.78, 5) is 0. The molecule has 0 fully saturated rings. The van der Waals surface area contributed by atoms with Gasteiger partial charge in [0, 0.05) is 0 Å². The summed E-state index contributed by atoms with van der Waals surface area (Å²) in [6.07, 6.45) is 4.09. The number of benzene rings is 2. The number of hydrogen-bond donors (Lipinski definition) is 0. The van der Waals surface area contributed by atoms with Gasteiger partial charge in [0.15, 0.2) is 0 Å². The van der Waals surface area contributed by atoms with Crippen LogP contribution in [0, 0.1) is 6.92 Å². The minimum atomic E-state index is 1.09. The summed E-state index contributed by atoms with van der Waals surface area (Å²) in [7, 11) is 0. The Balaban J connectivity index is 0.000000861. The second-order valence-corrected chi connectivity index (χ2v) is 4.44. The van der Waals surface area contributed by atoms with Crippen LogP contribution >= 0.6 is 0 Å². The van der Waals surface area contributed by atoms with Gasteiger partial charge in [-0.15, -0.1) is 0 Å². The summed E-state index contributed by atoms with van der Waals surface area (Å²) in [5, 5.41) is 0. The molecule has 0 saturated heterocycles. The smallest absolute Gasteiger partial charge is 0.0238 e. The molecule has 0 nitrogen and oxygen atoms in total. The van der Waals surface area contributed by atoms with Gasteiger partial charge < -0.3 is 0 Å². The molecule has 2 rings (SSSR count). The van der Waals surface area contributed by atoms with Crippen molar-refractivity contribution in [1.29, 1.82) is 0 Å².